The Morgan fingerprint density at radius 1 is 1.47 bits per heavy atom. The van der Waals surface area contributed by atoms with Crippen LogP contribution in [0.4, 0.5) is 5.69 Å². The van der Waals surface area contributed by atoms with Gasteiger partial charge in [0.2, 0.25) is 5.76 Å². The molecular weight excluding hydrogens is 307 g/mol. The number of rotatable bonds is 2. The summed E-state index contributed by atoms with van der Waals surface area (Å²) in [5.41, 5.74) is 1.16. The van der Waals surface area contributed by atoms with Crippen molar-refractivity contribution in [2.75, 3.05) is 5.32 Å². The zero-order chi connectivity index (χ0) is 12.4. The Hall–Kier alpha value is -1.33. The zero-order valence-electron chi connectivity index (χ0n) is 8.83. The van der Waals surface area contributed by atoms with Crippen LogP contribution in [0.15, 0.2) is 33.3 Å². The fourth-order valence-electron chi connectivity index (χ4n) is 1.25. The smallest absolute Gasteiger partial charge is 0.294 e. The van der Waals surface area contributed by atoms with E-state index in [4.69, 9.17) is 16.1 Å². The number of benzene rings is 1. The van der Waals surface area contributed by atoms with Gasteiger partial charge in [0.15, 0.2) is 0 Å². The molecule has 4 nitrogen and oxygen atoms in total. The second-order valence-electron chi connectivity index (χ2n) is 3.41. The van der Waals surface area contributed by atoms with Crippen molar-refractivity contribution in [2.45, 2.75) is 6.92 Å². The van der Waals surface area contributed by atoms with Crippen LogP contribution in [0.1, 0.15) is 16.2 Å². The highest BCUT2D eigenvalue weighted by Gasteiger charge is 2.13. The van der Waals surface area contributed by atoms with Gasteiger partial charge in [0, 0.05) is 10.5 Å². The van der Waals surface area contributed by atoms with E-state index in [1.807, 2.05) is 0 Å². The zero-order valence-corrected chi connectivity index (χ0v) is 11.2. The van der Waals surface area contributed by atoms with E-state index < -0.39 is 0 Å². The maximum absolute atomic E-state index is 11.8. The first kappa shape index (κ1) is 12.1. The topological polar surface area (TPSA) is 55.1 Å². The van der Waals surface area contributed by atoms with Crippen LogP contribution < -0.4 is 5.32 Å². The second-order valence-corrected chi connectivity index (χ2v) is 4.73. The van der Waals surface area contributed by atoms with Gasteiger partial charge < -0.3 is 9.84 Å². The molecular formula is C11H8BrClN2O2. The molecule has 0 saturated heterocycles. The summed E-state index contributed by atoms with van der Waals surface area (Å²) in [4.78, 5) is 11.8. The summed E-state index contributed by atoms with van der Waals surface area (Å²) in [5, 5.41) is 6.74. The Kier molecular flexibility index (Phi) is 3.49. The first-order valence-electron chi connectivity index (χ1n) is 4.76. The van der Waals surface area contributed by atoms with Gasteiger partial charge in [-0.1, -0.05) is 32.7 Å². The highest BCUT2D eigenvalue weighted by molar-refractivity contribution is 9.10. The molecule has 2 aromatic rings. The van der Waals surface area contributed by atoms with Crippen LogP contribution in [0.2, 0.25) is 5.02 Å². The molecule has 2 rings (SSSR count). The van der Waals surface area contributed by atoms with Gasteiger partial charge in [0.25, 0.3) is 5.91 Å². The van der Waals surface area contributed by atoms with E-state index in [0.29, 0.717) is 16.4 Å². The Morgan fingerprint density at radius 3 is 2.88 bits per heavy atom. The third-order valence-corrected chi connectivity index (χ3v) is 2.85. The lowest BCUT2D eigenvalue weighted by atomic mass is 10.3. The fourth-order valence-corrected chi connectivity index (χ4v) is 1.77. The third-order valence-electron chi connectivity index (χ3n) is 2.03. The van der Waals surface area contributed by atoms with Crippen LogP contribution in [0.25, 0.3) is 0 Å². The molecule has 0 saturated carbocycles. The molecule has 1 aromatic heterocycles. The molecule has 1 aromatic carbocycles. The van der Waals surface area contributed by atoms with Gasteiger partial charge in [0.1, 0.15) is 0 Å². The number of aryl methyl sites for hydroxylation is 1. The summed E-state index contributed by atoms with van der Waals surface area (Å²) in [5.74, 6) is -0.232. The standard InChI is InChI=1S/C11H8BrClN2O2/c1-6-4-10(17-15-6)11(16)14-9-5-7(12)2-3-8(9)13/h2-5H,1H3,(H,14,16). The van der Waals surface area contributed by atoms with Crippen LogP contribution in [0.5, 0.6) is 0 Å². The Labute approximate surface area is 111 Å². The van der Waals surface area contributed by atoms with Gasteiger partial charge in [-0.15, -0.1) is 0 Å². The van der Waals surface area contributed by atoms with E-state index in [-0.39, 0.29) is 11.7 Å². The van der Waals surface area contributed by atoms with Crippen LogP contribution in [0.3, 0.4) is 0 Å². The predicted molar refractivity (Wildman–Crippen MR) is 68.3 cm³/mol. The molecule has 1 heterocycles. The molecule has 1 N–H and O–H groups in total. The fraction of sp³-hybridized carbons (Fsp3) is 0.0909. The lowest BCUT2D eigenvalue weighted by molar-refractivity contribution is 0.0988. The molecule has 0 radical (unpaired) electrons. The van der Waals surface area contributed by atoms with Crippen molar-refractivity contribution in [2.24, 2.45) is 0 Å². The number of halogens is 2. The number of carbonyl (C=O) groups excluding carboxylic acids is 1. The average Bonchev–Trinajstić information content (AvgIpc) is 2.70. The molecule has 6 heteroatoms. The maximum Gasteiger partial charge on any atom is 0.294 e. The van der Waals surface area contributed by atoms with Crippen molar-refractivity contribution in [3.05, 3.63) is 45.2 Å². The van der Waals surface area contributed by atoms with E-state index in [2.05, 4.69) is 26.4 Å². The summed E-state index contributed by atoms with van der Waals surface area (Å²) in [6.45, 7) is 1.74. The van der Waals surface area contributed by atoms with Crippen LogP contribution in [0, 0.1) is 6.92 Å². The molecule has 0 aliphatic rings. The Balaban J connectivity index is 2.21. The van der Waals surface area contributed by atoms with Gasteiger partial charge in [-0.3, -0.25) is 4.79 Å². The Morgan fingerprint density at radius 2 is 2.24 bits per heavy atom. The average molecular weight is 316 g/mol. The highest BCUT2D eigenvalue weighted by Crippen LogP contribution is 2.26. The van der Waals surface area contributed by atoms with E-state index in [9.17, 15) is 4.79 Å². The van der Waals surface area contributed by atoms with Gasteiger partial charge >= 0.3 is 0 Å². The largest absolute Gasteiger partial charge is 0.351 e. The van der Waals surface area contributed by atoms with Crippen molar-refractivity contribution >= 4 is 39.1 Å². The number of nitrogens with zero attached hydrogens (tertiary/aromatic N) is 1. The minimum absolute atomic E-state index is 0.151. The number of hydrogen-bond donors (Lipinski definition) is 1. The first-order valence-corrected chi connectivity index (χ1v) is 5.93. The van der Waals surface area contributed by atoms with E-state index >= 15 is 0 Å². The lowest BCUT2D eigenvalue weighted by Crippen LogP contribution is -2.11. The maximum atomic E-state index is 11.8. The molecule has 88 valence electrons. The summed E-state index contributed by atoms with van der Waals surface area (Å²) >= 11 is 9.25. The summed E-state index contributed by atoms with van der Waals surface area (Å²) in [6, 6.07) is 6.74. The molecule has 0 unspecified atom stereocenters. The van der Waals surface area contributed by atoms with E-state index in [1.54, 1.807) is 31.2 Å². The molecule has 0 bridgehead atoms. The molecule has 0 atom stereocenters. The molecule has 0 spiro atoms. The summed E-state index contributed by atoms with van der Waals surface area (Å²) in [7, 11) is 0. The van der Waals surface area contributed by atoms with Gasteiger partial charge in [0.05, 0.1) is 16.4 Å². The molecule has 17 heavy (non-hydrogen) atoms. The quantitative estimate of drug-likeness (QED) is 0.920. The van der Waals surface area contributed by atoms with Crippen LogP contribution >= 0.6 is 27.5 Å². The molecule has 0 aliphatic heterocycles. The minimum Gasteiger partial charge on any atom is -0.351 e. The van der Waals surface area contributed by atoms with E-state index in [0.717, 1.165) is 4.47 Å². The number of hydrogen-bond acceptors (Lipinski definition) is 3. The number of anilines is 1. The van der Waals surface area contributed by atoms with Crippen molar-refractivity contribution in [3.8, 4) is 0 Å². The molecule has 1 amide bonds. The predicted octanol–water partition coefficient (Wildman–Crippen LogP) is 3.65. The molecule has 0 aliphatic carbocycles. The normalized spacial score (nSPS) is 10.3. The molecule has 0 fully saturated rings. The van der Waals surface area contributed by atoms with Crippen molar-refractivity contribution < 1.29 is 9.32 Å². The minimum atomic E-state index is -0.384. The van der Waals surface area contributed by atoms with E-state index in [1.165, 1.54) is 0 Å². The highest BCUT2D eigenvalue weighted by atomic mass is 79.9. The van der Waals surface area contributed by atoms with Crippen LogP contribution in [-0.2, 0) is 0 Å². The monoisotopic (exact) mass is 314 g/mol. The summed E-state index contributed by atoms with van der Waals surface area (Å²) in [6.07, 6.45) is 0. The number of carbonyl (C=O) groups is 1. The SMILES string of the molecule is Cc1cc(C(=O)Nc2cc(Br)ccc2Cl)on1. The van der Waals surface area contributed by atoms with Gasteiger partial charge in [-0.2, -0.15) is 0 Å². The number of nitrogens with one attached hydrogen (secondary N) is 1. The van der Waals surface area contributed by atoms with Crippen molar-refractivity contribution in [3.63, 3.8) is 0 Å². The third kappa shape index (κ3) is 2.87. The second kappa shape index (κ2) is 4.89. The van der Waals surface area contributed by atoms with Crippen molar-refractivity contribution in [1.82, 2.24) is 5.16 Å². The van der Waals surface area contributed by atoms with Gasteiger partial charge in [-0.25, -0.2) is 0 Å². The lowest BCUT2D eigenvalue weighted by Gasteiger charge is -2.05. The number of aromatic nitrogens is 1. The van der Waals surface area contributed by atoms with Crippen molar-refractivity contribution in [1.29, 1.82) is 0 Å². The van der Waals surface area contributed by atoms with Crippen LogP contribution in [-0.4, -0.2) is 11.1 Å². The van der Waals surface area contributed by atoms with Gasteiger partial charge in [-0.05, 0) is 25.1 Å². The first-order chi connectivity index (χ1) is 8.06. The Bertz CT molecular complexity index is 568. The summed E-state index contributed by atoms with van der Waals surface area (Å²) < 4.78 is 5.68. The number of amides is 1.